The van der Waals surface area contributed by atoms with Crippen molar-refractivity contribution < 1.29 is 14.3 Å². The molecule has 2 aromatic rings. The van der Waals surface area contributed by atoms with Gasteiger partial charge >= 0.3 is 0 Å². The summed E-state index contributed by atoms with van der Waals surface area (Å²) >= 11 is 0. The van der Waals surface area contributed by atoms with Gasteiger partial charge in [-0.1, -0.05) is 6.07 Å². The summed E-state index contributed by atoms with van der Waals surface area (Å²) in [6, 6.07) is 8.61. The van der Waals surface area contributed by atoms with Crippen LogP contribution in [-0.2, 0) is 6.42 Å². The molecule has 1 heterocycles. The Bertz CT molecular complexity index is 704. The predicted molar refractivity (Wildman–Crippen MR) is 87.3 cm³/mol. The third kappa shape index (κ3) is 4.60. The minimum atomic E-state index is -0.227. The first kappa shape index (κ1) is 16.6. The molecule has 23 heavy (non-hydrogen) atoms. The third-order valence-electron chi connectivity index (χ3n) is 3.42. The zero-order chi connectivity index (χ0) is 16.7. The summed E-state index contributed by atoms with van der Waals surface area (Å²) in [5, 5.41) is 2.82. The van der Waals surface area contributed by atoms with E-state index in [1.54, 1.807) is 14.2 Å². The van der Waals surface area contributed by atoms with Crippen molar-refractivity contribution in [3.05, 3.63) is 58.0 Å². The first-order valence-electron chi connectivity index (χ1n) is 7.32. The van der Waals surface area contributed by atoms with E-state index in [2.05, 4.69) is 10.3 Å². The number of amides is 1. The van der Waals surface area contributed by atoms with Gasteiger partial charge in [-0.05, 0) is 36.6 Å². The maximum atomic E-state index is 11.9. The molecule has 0 radical (unpaired) electrons. The van der Waals surface area contributed by atoms with Crippen LogP contribution in [0.2, 0.25) is 0 Å². The summed E-state index contributed by atoms with van der Waals surface area (Å²) in [6.07, 6.45) is 3.02. The largest absolute Gasteiger partial charge is 0.493 e. The Morgan fingerprint density at radius 1 is 1.13 bits per heavy atom. The van der Waals surface area contributed by atoms with Crippen molar-refractivity contribution in [3.8, 4) is 11.5 Å². The molecule has 6 heteroatoms. The van der Waals surface area contributed by atoms with Gasteiger partial charge in [0.1, 0.15) is 0 Å². The Morgan fingerprint density at radius 2 is 1.91 bits per heavy atom. The smallest absolute Gasteiger partial charge is 0.252 e. The van der Waals surface area contributed by atoms with Crippen LogP contribution in [0.1, 0.15) is 22.3 Å². The highest BCUT2D eigenvalue weighted by atomic mass is 16.5. The van der Waals surface area contributed by atoms with Gasteiger partial charge in [0.15, 0.2) is 11.5 Å². The maximum absolute atomic E-state index is 11.9. The highest BCUT2D eigenvalue weighted by molar-refractivity contribution is 5.93. The van der Waals surface area contributed by atoms with E-state index in [0.29, 0.717) is 23.6 Å². The van der Waals surface area contributed by atoms with E-state index in [-0.39, 0.29) is 11.5 Å². The van der Waals surface area contributed by atoms with Crippen LogP contribution < -0.4 is 20.3 Å². The second kappa shape index (κ2) is 8.03. The molecular weight excluding hydrogens is 296 g/mol. The number of benzene rings is 1. The van der Waals surface area contributed by atoms with Crippen molar-refractivity contribution in [1.29, 1.82) is 0 Å². The van der Waals surface area contributed by atoms with Crippen LogP contribution in [0.4, 0.5) is 0 Å². The van der Waals surface area contributed by atoms with Crippen LogP contribution in [0.5, 0.6) is 11.5 Å². The fourth-order valence-corrected chi connectivity index (χ4v) is 2.18. The molecule has 0 saturated carbocycles. The minimum absolute atomic E-state index is 0.200. The van der Waals surface area contributed by atoms with Crippen LogP contribution in [0.25, 0.3) is 0 Å². The zero-order valence-corrected chi connectivity index (χ0v) is 13.2. The Balaban J connectivity index is 1.82. The van der Waals surface area contributed by atoms with E-state index in [9.17, 15) is 9.59 Å². The number of carbonyl (C=O) groups is 1. The molecule has 0 fully saturated rings. The molecule has 0 aliphatic rings. The average molecular weight is 316 g/mol. The van der Waals surface area contributed by atoms with Crippen molar-refractivity contribution in [2.24, 2.45) is 0 Å². The molecule has 0 spiro atoms. The molecule has 1 aromatic carbocycles. The zero-order valence-electron chi connectivity index (χ0n) is 13.2. The molecule has 1 aromatic heterocycles. The van der Waals surface area contributed by atoms with Gasteiger partial charge < -0.3 is 19.8 Å². The van der Waals surface area contributed by atoms with E-state index in [0.717, 1.165) is 18.4 Å². The molecule has 0 bridgehead atoms. The van der Waals surface area contributed by atoms with Crippen LogP contribution >= 0.6 is 0 Å². The van der Waals surface area contributed by atoms with Gasteiger partial charge in [-0.3, -0.25) is 9.59 Å². The van der Waals surface area contributed by atoms with Gasteiger partial charge in [-0.25, -0.2) is 0 Å². The van der Waals surface area contributed by atoms with Gasteiger partial charge in [-0.15, -0.1) is 0 Å². The van der Waals surface area contributed by atoms with Crippen molar-refractivity contribution in [3.63, 3.8) is 0 Å². The number of nitrogens with one attached hydrogen (secondary N) is 2. The second-order valence-corrected chi connectivity index (χ2v) is 4.99. The summed E-state index contributed by atoms with van der Waals surface area (Å²) in [5.41, 5.74) is 1.33. The summed E-state index contributed by atoms with van der Waals surface area (Å²) < 4.78 is 10.5. The SMILES string of the molecule is COc1ccc(CCCNC(=O)c2ccc(=O)[nH]c2)cc1OC. The van der Waals surface area contributed by atoms with E-state index in [1.165, 1.54) is 18.3 Å². The Morgan fingerprint density at radius 3 is 2.57 bits per heavy atom. The number of ether oxygens (including phenoxy) is 2. The van der Waals surface area contributed by atoms with Crippen LogP contribution in [-0.4, -0.2) is 31.7 Å². The number of aromatic nitrogens is 1. The lowest BCUT2D eigenvalue weighted by Gasteiger charge is -2.10. The van der Waals surface area contributed by atoms with Crippen molar-refractivity contribution >= 4 is 5.91 Å². The molecule has 0 aliphatic heterocycles. The van der Waals surface area contributed by atoms with Gasteiger partial charge in [-0.2, -0.15) is 0 Å². The highest BCUT2D eigenvalue weighted by Crippen LogP contribution is 2.27. The lowest BCUT2D eigenvalue weighted by molar-refractivity contribution is 0.0953. The van der Waals surface area contributed by atoms with Crippen LogP contribution in [0, 0.1) is 0 Å². The van der Waals surface area contributed by atoms with Gasteiger partial charge in [0.05, 0.1) is 19.8 Å². The Hall–Kier alpha value is -2.76. The topological polar surface area (TPSA) is 80.4 Å². The molecule has 2 rings (SSSR count). The molecule has 0 unspecified atom stereocenters. The summed E-state index contributed by atoms with van der Waals surface area (Å²) in [4.78, 5) is 25.3. The normalized spacial score (nSPS) is 10.2. The number of hydrogen-bond acceptors (Lipinski definition) is 4. The van der Waals surface area contributed by atoms with Crippen molar-refractivity contribution in [2.75, 3.05) is 20.8 Å². The van der Waals surface area contributed by atoms with Crippen molar-refractivity contribution in [2.45, 2.75) is 12.8 Å². The first-order valence-corrected chi connectivity index (χ1v) is 7.32. The maximum Gasteiger partial charge on any atom is 0.252 e. The number of rotatable bonds is 7. The monoisotopic (exact) mass is 316 g/mol. The number of methoxy groups -OCH3 is 2. The summed E-state index contributed by atoms with van der Waals surface area (Å²) in [6.45, 7) is 0.548. The molecule has 122 valence electrons. The average Bonchev–Trinajstić information content (AvgIpc) is 2.58. The fraction of sp³-hybridized carbons (Fsp3) is 0.294. The van der Waals surface area contributed by atoms with E-state index < -0.39 is 0 Å². The standard InChI is InChI=1S/C17H20N2O4/c1-22-14-7-5-12(10-15(14)23-2)4-3-9-18-17(21)13-6-8-16(20)19-11-13/h5-8,10-11H,3-4,9H2,1-2H3,(H,18,21)(H,19,20). The number of aryl methyl sites for hydroxylation is 1. The third-order valence-corrected chi connectivity index (χ3v) is 3.42. The molecule has 1 amide bonds. The highest BCUT2D eigenvalue weighted by Gasteiger charge is 2.06. The van der Waals surface area contributed by atoms with Gasteiger partial charge in [0.2, 0.25) is 5.56 Å². The molecular formula is C17H20N2O4. The van der Waals surface area contributed by atoms with Crippen LogP contribution in [0.3, 0.4) is 0 Å². The second-order valence-electron chi connectivity index (χ2n) is 4.99. The number of carbonyl (C=O) groups excluding carboxylic acids is 1. The molecule has 6 nitrogen and oxygen atoms in total. The summed E-state index contributed by atoms with van der Waals surface area (Å²) in [5.74, 6) is 1.19. The summed E-state index contributed by atoms with van der Waals surface area (Å²) in [7, 11) is 3.20. The Kier molecular flexibility index (Phi) is 5.80. The van der Waals surface area contributed by atoms with E-state index >= 15 is 0 Å². The van der Waals surface area contributed by atoms with Gasteiger partial charge in [0, 0.05) is 18.8 Å². The quantitative estimate of drug-likeness (QED) is 0.763. The van der Waals surface area contributed by atoms with Crippen molar-refractivity contribution in [1.82, 2.24) is 10.3 Å². The van der Waals surface area contributed by atoms with Gasteiger partial charge in [0.25, 0.3) is 5.91 Å². The number of aromatic amines is 1. The van der Waals surface area contributed by atoms with E-state index in [1.807, 2.05) is 18.2 Å². The molecule has 2 N–H and O–H groups in total. The molecule has 0 atom stereocenters. The van der Waals surface area contributed by atoms with Crippen LogP contribution in [0.15, 0.2) is 41.3 Å². The fourth-order valence-electron chi connectivity index (χ4n) is 2.18. The predicted octanol–water partition coefficient (Wildman–Crippen LogP) is 1.75. The Labute approximate surface area is 134 Å². The lowest BCUT2D eigenvalue weighted by Crippen LogP contribution is -2.25. The molecule has 0 aliphatic carbocycles. The number of hydrogen-bond donors (Lipinski definition) is 2. The minimum Gasteiger partial charge on any atom is -0.493 e. The van der Waals surface area contributed by atoms with E-state index in [4.69, 9.17) is 9.47 Å². The number of H-pyrrole nitrogens is 1. The first-order chi connectivity index (χ1) is 11.1. The lowest BCUT2D eigenvalue weighted by atomic mass is 10.1. The number of pyridine rings is 1. The molecule has 0 saturated heterocycles.